The summed E-state index contributed by atoms with van der Waals surface area (Å²) >= 11 is 0. The van der Waals surface area contributed by atoms with Gasteiger partial charge in [0.2, 0.25) is 15.8 Å². The number of amides is 1. The fraction of sp³-hybridized carbons (Fsp3) is 0.500. The summed E-state index contributed by atoms with van der Waals surface area (Å²) in [5.41, 5.74) is 0.231. The van der Waals surface area contributed by atoms with Crippen LogP contribution in [0.25, 0.3) is 5.78 Å². The van der Waals surface area contributed by atoms with Gasteiger partial charge in [-0.2, -0.15) is 0 Å². The highest BCUT2D eigenvalue weighted by Gasteiger charge is 2.34. The number of imidazole rings is 1. The molecule has 1 aliphatic heterocycles. The van der Waals surface area contributed by atoms with Crippen molar-refractivity contribution in [3.05, 3.63) is 30.4 Å². The van der Waals surface area contributed by atoms with Crippen LogP contribution in [0.15, 0.2) is 24.7 Å². The lowest BCUT2D eigenvalue weighted by Crippen LogP contribution is -2.43. The predicted octanol–water partition coefficient (Wildman–Crippen LogP) is -0.634. The van der Waals surface area contributed by atoms with Gasteiger partial charge < -0.3 is 10.1 Å². The van der Waals surface area contributed by atoms with Crippen molar-refractivity contribution in [3.8, 4) is 0 Å². The van der Waals surface area contributed by atoms with Crippen molar-refractivity contribution >= 4 is 21.7 Å². The van der Waals surface area contributed by atoms with Crippen LogP contribution in [0.2, 0.25) is 0 Å². The summed E-state index contributed by atoms with van der Waals surface area (Å²) in [6.07, 6.45) is 4.92. The second-order valence-corrected chi connectivity index (χ2v) is 8.12. The maximum atomic E-state index is 12.4. The molecule has 0 unspecified atom stereocenters. The first-order chi connectivity index (χ1) is 11.4. The maximum Gasteiger partial charge on any atom is 0.271 e. The fourth-order valence-corrected chi connectivity index (χ4v) is 3.69. The molecule has 10 heteroatoms. The molecule has 3 rings (SSSR count). The summed E-state index contributed by atoms with van der Waals surface area (Å²) in [5, 5.41) is 2.82. The molecule has 1 aliphatic rings. The highest BCUT2D eigenvalue weighted by Crippen LogP contribution is 2.17. The standard InChI is InChI=1S/C14H19N5O4S/c1-18(2)24(21,22)9-10-7-23-8-12(10)16-13(20)11-6-19-5-3-4-15-14(19)17-11/h3-6,10,12H,7-9H2,1-2H3,(H,16,20)/t10-,12-/m0/s1. The van der Waals surface area contributed by atoms with Crippen LogP contribution in [0.4, 0.5) is 0 Å². The molecule has 2 atom stereocenters. The van der Waals surface area contributed by atoms with Crippen molar-refractivity contribution in [1.29, 1.82) is 0 Å². The molecule has 0 bridgehead atoms. The molecule has 1 fully saturated rings. The average Bonchev–Trinajstić information content (AvgIpc) is 3.13. The van der Waals surface area contributed by atoms with Crippen molar-refractivity contribution in [2.75, 3.05) is 33.1 Å². The molecule has 24 heavy (non-hydrogen) atoms. The van der Waals surface area contributed by atoms with Crippen LogP contribution >= 0.6 is 0 Å². The van der Waals surface area contributed by atoms with Gasteiger partial charge in [0, 0.05) is 38.6 Å². The summed E-state index contributed by atoms with van der Waals surface area (Å²) in [7, 11) is -0.386. The number of nitrogens with one attached hydrogen (secondary N) is 1. The Morgan fingerprint density at radius 3 is 2.96 bits per heavy atom. The number of ether oxygens (including phenoxy) is 1. The zero-order valence-electron chi connectivity index (χ0n) is 13.4. The van der Waals surface area contributed by atoms with Crippen molar-refractivity contribution in [2.45, 2.75) is 6.04 Å². The summed E-state index contributed by atoms with van der Waals surface area (Å²) in [6, 6.07) is 1.37. The molecule has 2 aromatic rings. The number of carbonyl (C=O) groups is 1. The first-order valence-corrected chi connectivity index (χ1v) is 9.06. The number of hydrogen-bond acceptors (Lipinski definition) is 6. The molecule has 130 valence electrons. The molecule has 0 aromatic carbocycles. The molecular weight excluding hydrogens is 334 g/mol. The minimum absolute atomic E-state index is 0.0718. The molecule has 0 saturated carbocycles. The Balaban J connectivity index is 1.71. The smallest absolute Gasteiger partial charge is 0.271 e. The number of sulfonamides is 1. The van der Waals surface area contributed by atoms with Gasteiger partial charge in [0.1, 0.15) is 5.69 Å². The number of carbonyl (C=O) groups excluding carboxylic acids is 1. The first kappa shape index (κ1) is 16.8. The molecule has 3 heterocycles. The summed E-state index contributed by atoms with van der Waals surface area (Å²) < 4.78 is 32.3. The van der Waals surface area contributed by atoms with E-state index in [0.29, 0.717) is 12.4 Å². The van der Waals surface area contributed by atoms with Crippen molar-refractivity contribution in [1.82, 2.24) is 24.0 Å². The van der Waals surface area contributed by atoms with Crippen LogP contribution in [0, 0.1) is 5.92 Å². The third kappa shape index (κ3) is 3.40. The number of fused-ring (bicyclic) bond motifs is 1. The quantitative estimate of drug-likeness (QED) is 0.767. The van der Waals surface area contributed by atoms with Gasteiger partial charge in [-0.05, 0) is 6.07 Å². The van der Waals surface area contributed by atoms with E-state index in [4.69, 9.17) is 4.74 Å². The molecule has 2 aromatic heterocycles. The van der Waals surface area contributed by atoms with Crippen molar-refractivity contribution < 1.29 is 17.9 Å². The number of rotatable bonds is 5. The SMILES string of the molecule is CN(C)S(=O)(=O)C[C@@H]1COC[C@@H]1NC(=O)c1cn2cccnc2n1. The first-order valence-electron chi connectivity index (χ1n) is 7.45. The zero-order valence-corrected chi connectivity index (χ0v) is 14.2. The molecule has 0 aliphatic carbocycles. The second kappa shape index (κ2) is 6.46. The summed E-state index contributed by atoms with van der Waals surface area (Å²) in [4.78, 5) is 20.6. The van der Waals surface area contributed by atoms with E-state index in [1.807, 2.05) is 0 Å². The Morgan fingerprint density at radius 2 is 2.25 bits per heavy atom. The van der Waals surface area contributed by atoms with Gasteiger partial charge in [-0.25, -0.2) is 22.7 Å². The predicted molar refractivity (Wildman–Crippen MR) is 86.0 cm³/mol. The normalized spacial score (nSPS) is 21.5. The van der Waals surface area contributed by atoms with Gasteiger partial charge in [0.25, 0.3) is 5.91 Å². The lowest BCUT2D eigenvalue weighted by atomic mass is 10.1. The molecule has 9 nitrogen and oxygen atoms in total. The van der Waals surface area contributed by atoms with Gasteiger partial charge in [-0.1, -0.05) is 0 Å². The molecule has 1 N–H and O–H groups in total. The van der Waals surface area contributed by atoms with Crippen LogP contribution in [0.1, 0.15) is 10.5 Å². The van der Waals surface area contributed by atoms with E-state index in [1.165, 1.54) is 18.4 Å². The van der Waals surface area contributed by atoms with Gasteiger partial charge in [0.15, 0.2) is 0 Å². The largest absolute Gasteiger partial charge is 0.379 e. The monoisotopic (exact) mass is 353 g/mol. The number of nitrogens with zero attached hydrogens (tertiary/aromatic N) is 4. The van der Waals surface area contributed by atoms with Crippen molar-refractivity contribution in [2.24, 2.45) is 5.92 Å². The molecule has 0 radical (unpaired) electrons. The topological polar surface area (TPSA) is 106 Å². The van der Waals surface area contributed by atoms with E-state index in [9.17, 15) is 13.2 Å². The molecular formula is C14H19N5O4S. The Kier molecular flexibility index (Phi) is 4.52. The molecule has 1 saturated heterocycles. The Hall–Kier alpha value is -2.04. The highest BCUT2D eigenvalue weighted by molar-refractivity contribution is 7.89. The minimum atomic E-state index is -3.36. The Labute approximate surface area is 139 Å². The van der Waals surface area contributed by atoms with E-state index >= 15 is 0 Å². The zero-order chi connectivity index (χ0) is 17.3. The van der Waals surface area contributed by atoms with Gasteiger partial charge in [-0.15, -0.1) is 0 Å². The van der Waals surface area contributed by atoms with Crippen LogP contribution in [-0.2, 0) is 14.8 Å². The second-order valence-electron chi connectivity index (χ2n) is 5.89. The third-order valence-electron chi connectivity index (χ3n) is 3.96. The van der Waals surface area contributed by atoms with Crippen molar-refractivity contribution in [3.63, 3.8) is 0 Å². The Bertz CT molecular complexity index is 815. The lowest BCUT2D eigenvalue weighted by Gasteiger charge is -2.20. The number of hydrogen-bond donors (Lipinski definition) is 1. The van der Waals surface area contributed by atoms with Crippen LogP contribution in [-0.4, -0.2) is 72.1 Å². The molecule has 1 amide bonds. The van der Waals surface area contributed by atoms with Crippen LogP contribution in [0.3, 0.4) is 0 Å². The van der Waals surface area contributed by atoms with E-state index in [1.54, 1.807) is 29.1 Å². The molecule has 0 spiro atoms. The van der Waals surface area contributed by atoms with Crippen LogP contribution in [0.5, 0.6) is 0 Å². The minimum Gasteiger partial charge on any atom is -0.379 e. The Morgan fingerprint density at radius 1 is 1.46 bits per heavy atom. The van der Waals surface area contributed by atoms with Gasteiger partial charge in [-0.3, -0.25) is 9.20 Å². The van der Waals surface area contributed by atoms with E-state index in [2.05, 4.69) is 15.3 Å². The van der Waals surface area contributed by atoms with Gasteiger partial charge in [0.05, 0.1) is 25.0 Å². The number of aromatic nitrogens is 3. The van der Waals surface area contributed by atoms with Gasteiger partial charge >= 0.3 is 0 Å². The van der Waals surface area contributed by atoms with E-state index in [-0.39, 0.29) is 35.9 Å². The highest BCUT2D eigenvalue weighted by atomic mass is 32.2. The fourth-order valence-electron chi connectivity index (χ4n) is 2.52. The third-order valence-corrected chi connectivity index (χ3v) is 5.93. The maximum absolute atomic E-state index is 12.4. The van der Waals surface area contributed by atoms with E-state index < -0.39 is 10.0 Å². The summed E-state index contributed by atoms with van der Waals surface area (Å²) in [5.74, 6) is -0.311. The average molecular weight is 353 g/mol. The summed E-state index contributed by atoms with van der Waals surface area (Å²) in [6.45, 7) is 0.579. The lowest BCUT2D eigenvalue weighted by molar-refractivity contribution is 0.0921. The van der Waals surface area contributed by atoms with Crippen LogP contribution < -0.4 is 5.32 Å². The van der Waals surface area contributed by atoms with E-state index in [0.717, 1.165) is 0 Å².